The van der Waals surface area contributed by atoms with Gasteiger partial charge < -0.3 is 30.2 Å². The van der Waals surface area contributed by atoms with Crippen molar-refractivity contribution in [3.63, 3.8) is 0 Å². The summed E-state index contributed by atoms with van der Waals surface area (Å²) in [6.07, 6.45) is 2.93. The van der Waals surface area contributed by atoms with Gasteiger partial charge >= 0.3 is 0 Å². The first-order chi connectivity index (χ1) is 17.9. The van der Waals surface area contributed by atoms with Crippen molar-refractivity contribution in [2.45, 2.75) is 6.92 Å². The molecule has 1 amide bonds. The van der Waals surface area contributed by atoms with Gasteiger partial charge in [-0.3, -0.25) is 4.79 Å². The van der Waals surface area contributed by atoms with Gasteiger partial charge in [-0.05, 0) is 63.5 Å². The number of carbonyl (C=O) groups excluding carboxylic acids is 1. The van der Waals surface area contributed by atoms with Crippen LogP contribution in [-0.4, -0.2) is 59.5 Å². The number of likely N-dealkylation sites (N-methyl/N-ethyl adjacent to an activating group) is 2. The lowest BCUT2D eigenvalue weighted by atomic mass is 10.2. The molecule has 4 rings (SSSR count). The van der Waals surface area contributed by atoms with E-state index in [1.54, 1.807) is 48.7 Å². The fraction of sp³-hybridized carbons (Fsp3) is 0.222. The molecule has 0 unspecified atom stereocenters. The van der Waals surface area contributed by atoms with Gasteiger partial charge in [-0.15, -0.1) is 0 Å². The molecule has 2 aromatic heterocycles. The number of nitrogens with zero attached hydrogens (tertiary/aromatic N) is 4. The largest absolute Gasteiger partial charge is 0.438 e. The van der Waals surface area contributed by atoms with Crippen LogP contribution in [0.2, 0.25) is 0 Å². The minimum Gasteiger partial charge on any atom is -0.438 e. The number of rotatable bonds is 11. The highest BCUT2D eigenvalue weighted by atomic mass is 19.1. The van der Waals surface area contributed by atoms with Crippen molar-refractivity contribution in [2.24, 2.45) is 0 Å². The molecule has 0 aliphatic heterocycles. The minimum absolute atomic E-state index is 0.244. The number of hydrogen-bond donors (Lipinski definition) is 3. The normalized spacial score (nSPS) is 10.9. The fourth-order valence-corrected chi connectivity index (χ4v) is 3.73. The van der Waals surface area contributed by atoms with Crippen molar-refractivity contribution in [3.8, 4) is 11.6 Å². The number of anilines is 4. The molecule has 0 spiro atoms. The van der Waals surface area contributed by atoms with Crippen LogP contribution in [0.4, 0.5) is 27.4 Å². The Balaban J connectivity index is 1.56. The Morgan fingerprint density at radius 2 is 1.97 bits per heavy atom. The summed E-state index contributed by atoms with van der Waals surface area (Å²) in [5.41, 5.74) is 2.17. The van der Waals surface area contributed by atoms with Crippen LogP contribution in [0.15, 0.2) is 67.4 Å². The maximum atomic E-state index is 15.0. The van der Waals surface area contributed by atoms with Crippen LogP contribution in [0.3, 0.4) is 0 Å². The summed E-state index contributed by atoms with van der Waals surface area (Å²) in [4.78, 5) is 27.8. The second kappa shape index (κ2) is 11.5. The van der Waals surface area contributed by atoms with Crippen LogP contribution >= 0.6 is 0 Å². The molecule has 0 saturated carbocycles. The van der Waals surface area contributed by atoms with Gasteiger partial charge in [0.25, 0.3) is 0 Å². The summed E-state index contributed by atoms with van der Waals surface area (Å²) >= 11 is 0. The molecule has 0 fully saturated rings. The summed E-state index contributed by atoms with van der Waals surface area (Å²) in [7, 11) is 3.99. The molecule has 0 bridgehead atoms. The zero-order valence-corrected chi connectivity index (χ0v) is 21.1. The Kier molecular flexibility index (Phi) is 7.99. The van der Waals surface area contributed by atoms with E-state index < -0.39 is 0 Å². The number of halogens is 1. The molecule has 192 valence electrons. The number of nitrogens with one attached hydrogen (secondary N) is 3. The molecule has 0 aliphatic carbocycles. The number of fused-ring (bicyclic) bond motifs is 1. The lowest BCUT2D eigenvalue weighted by molar-refractivity contribution is -0.111. The zero-order chi connectivity index (χ0) is 26.4. The van der Waals surface area contributed by atoms with Crippen LogP contribution in [-0.2, 0) is 4.79 Å². The number of ether oxygens (including phenoxy) is 1. The van der Waals surface area contributed by atoms with Crippen LogP contribution in [0.25, 0.3) is 11.0 Å². The molecule has 2 aromatic carbocycles. The molecule has 2 heterocycles. The van der Waals surface area contributed by atoms with Crippen molar-refractivity contribution >= 4 is 40.0 Å². The number of amides is 1. The van der Waals surface area contributed by atoms with E-state index >= 15 is 4.39 Å². The number of aromatic amines is 1. The topological polar surface area (TPSA) is 98.4 Å². The number of aromatic nitrogens is 3. The van der Waals surface area contributed by atoms with Crippen LogP contribution in [0.1, 0.15) is 6.92 Å². The molecule has 10 heteroatoms. The summed E-state index contributed by atoms with van der Waals surface area (Å²) in [6.45, 7) is 7.71. The highest BCUT2D eigenvalue weighted by Crippen LogP contribution is 2.31. The Labute approximate surface area is 215 Å². The zero-order valence-electron chi connectivity index (χ0n) is 21.1. The van der Waals surface area contributed by atoms with Crippen molar-refractivity contribution in [1.82, 2.24) is 19.9 Å². The van der Waals surface area contributed by atoms with Gasteiger partial charge in [-0.2, -0.15) is 9.97 Å². The lowest BCUT2D eigenvalue weighted by Gasteiger charge is -2.25. The van der Waals surface area contributed by atoms with Crippen molar-refractivity contribution in [3.05, 3.63) is 73.2 Å². The highest BCUT2D eigenvalue weighted by molar-refractivity contribution is 5.99. The first-order valence-electron chi connectivity index (χ1n) is 11.9. The van der Waals surface area contributed by atoms with Gasteiger partial charge in [0.1, 0.15) is 17.2 Å². The molecular weight excluding hydrogens is 473 g/mol. The first kappa shape index (κ1) is 25.6. The van der Waals surface area contributed by atoms with Crippen molar-refractivity contribution in [1.29, 1.82) is 0 Å². The predicted molar refractivity (Wildman–Crippen MR) is 145 cm³/mol. The van der Waals surface area contributed by atoms with Gasteiger partial charge in [0.15, 0.2) is 0 Å². The quantitative estimate of drug-likeness (QED) is 0.244. The smallest absolute Gasteiger partial charge is 0.247 e. The molecule has 9 nitrogen and oxygen atoms in total. The molecular formula is C27H30FN7O2. The van der Waals surface area contributed by atoms with Crippen LogP contribution in [0, 0.1) is 5.82 Å². The Hall–Kier alpha value is -4.44. The van der Waals surface area contributed by atoms with E-state index in [1.165, 1.54) is 12.1 Å². The maximum Gasteiger partial charge on any atom is 0.247 e. The number of carbonyl (C=O) groups is 1. The molecule has 0 radical (unpaired) electrons. The second-order valence-electron chi connectivity index (χ2n) is 8.59. The highest BCUT2D eigenvalue weighted by Gasteiger charge is 2.14. The fourth-order valence-electron chi connectivity index (χ4n) is 3.73. The van der Waals surface area contributed by atoms with Crippen molar-refractivity contribution in [2.75, 3.05) is 49.3 Å². The average Bonchev–Trinajstić information content (AvgIpc) is 3.34. The third-order valence-electron chi connectivity index (χ3n) is 5.63. The van der Waals surface area contributed by atoms with Crippen LogP contribution in [0.5, 0.6) is 11.6 Å². The van der Waals surface area contributed by atoms with E-state index in [4.69, 9.17) is 4.74 Å². The Bertz CT molecular complexity index is 1400. The minimum atomic E-state index is -0.332. The van der Waals surface area contributed by atoms with E-state index in [0.29, 0.717) is 46.3 Å². The third-order valence-corrected chi connectivity index (χ3v) is 5.63. The SMILES string of the molecule is C=CC(=O)Nc1cccc(Oc2nc(Nc3ccc(N(CC)CCN(C)C)c(F)c3)nc3[nH]ccc23)c1. The maximum absolute atomic E-state index is 15.0. The Morgan fingerprint density at radius 1 is 1.14 bits per heavy atom. The first-order valence-corrected chi connectivity index (χ1v) is 11.9. The molecule has 3 N–H and O–H groups in total. The predicted octanol–water partition coefficient (Wildman–Crippen LogP) is 5.15. The van der Waals surface area contributed by atoms with Gasteiger partial charge in [0.2, 0.25) is 17.7 Å². The van der Waals surface area contributed by atoms with Gasteiger partial charge in [-0.25, -0.2) is 4.39 Å². The summed E-state index contributed by atoms with van der Waals surface area (Å²) in [6, 6.07) is 13.7. The monoisotopic (exact) mass is 503 g/mol. The molecule has 0 saturated heterocycles. The summed E-state index contributed by atoms with van der Waals surface area (Å²) in [5, 5.41) is 6.45. The average molecular weight is 504 g/mol. The van der Waals surface area contributed by atoms with E-state index in [0.717, 1.165) is 13.1 Å². The molecule has 4 aromatic rings. The third kappa shape index (κ3) is 6.42. The van der Waals surface area contributed by atoms with E-state index in [1.807, 2.05) is 25.9 Å². The van der Waals surface area contributed by atoms with Crippen molar-refractivity contribution < 1.29 is 13.9 Å². The second-order valence-corrected chi connectivity index (χ2v) is 8.59. The molecule has 0 atom stereocenters. The van der Waals surface area contributed by atoms with E-state index in [2.05, 4.69) is 37.1 Å². The standard InChI is InChI=1S/C27H30FN7O2/c1-5-24(36)30-18-8-7-9-20(16-18)37-26-21-12-13-29-25(21)32-27(33-26)31-19-10-11-23(22(28)17-19)35(6-2)15-14-34(3)4/h5,7-13,16-17H,1,6,14-15H2,2-4H3,(H,30,36)(H2,29,31,32,33). The molecule has 0 aliphatic rings. The summed E-state index contributed by atoms with van der Waals surface area (Å²) < 4.78 is 21.1. The Morgan fingerprint density at radius 3 is 2.70 bits per heavy atom. The van der Waals surface area contributed by atoms with Crippen LogP contribution < -0.4 is 20.3 Å². The van der Waals surface area contributed by atoms with Gasteiger partial charge in [0.05, 0.1) is 11.1 Å². The van der Waals surface area contributed by atoms with Gasteiger partial charge in [0, 0.05) is 43.3 Å². The van der Waals surface area contributed by atoms with E-state index in [-0.39, 0.29) is 17.7 Å². The summed E-state index contributed by atoms with van der Waals surface area (Å²) in [5.74, 6) is 0.368. The van der Waals surface area contributed by atoms with E-state index in [9.17, 15) is 4.79 Å². The lowest BCUT2D eigenvalue weighted by Crippen LogP contribution is -2.32. The van der Waals surface area contributed by atoms with Gasteiger partial charge in [-0.1, -0.05) is 12.6 Å². The molecule has 37 heavy (non-hydrogen) atoms. The number of benzene rings is 2. The number of hydrogen-bond acceptors (Lipinski definition) is 7. The number of H-pyrrole nitrogens is 1.